The first-order valence-electron chi connectivity index (χ1n) is 12.4. The van der Waals surface area contributed by atoms with Crippen molar-refractivity contribution in [2.24, 2.45) is 5.92 Å². The van der Waals surface area contributed by atoms with Crippen molar-refractivity contribution >= 4 is 33.4 Å². The molecule has 1 aliphatic rings. The molecule has 43 heavy (non-hydrogen) atoms. The second kappa shape index (κ2) is 12.1. The summed E-state index contributed by atoms with van der Waals surface area (Å²) in [5.74, 6) is -5.31. The molecule has 9 nitrogen and oxygen atoms in total. The fraction of sp³-hybridized carbons (Fsp3) is 0.333. The van der Waals surface area contributed by atoms with Gasteiger partial charge in [-0.25, -0.2) is 13.2 Å². The van der Waals surface area contributed by atoms with E-state index in [1.165, 1.54) is 49.8 Å². The van der Waals surface area contributed by atoms with Gasteiger partial charge in [0.2, 0.25) is 10.0 Å². The lowest BCUT2D eigenvalue weighted by Crippen LogP contribution is -2.54. The molecule has 0 aliphatic carbocycles. The van der Waals surface area contributed by atoms with Crippen molar-refractivity contribution in [3.8, 4) is 6.07 Å². The van der Waals surface area contributed by atoms with Crippen molar-refractivity contribution in [3.05, 3.63) is 76.5 Å². The third-order valence-corrected chi connectivity index (χ3v) is 7.51. The Morgan fingerprint density at radius 2 is 1.65 bits per heavy atom. The Balaban J connectivity index is 2.25. The lowest BCUT2D eigenvalue weighted by Gasteiger charge is -2.43. The zero-order valence-electron chi connectivity index (χ0n) is 22.7. The van der Waals surface area contributed by atoms with Gasteiger partial charge in [0.1, 0.15) is 6.54 Å². The molecule has 2 aromatic carbocycles. The van der Waals surface area contributed by atoms with Gasteiger partial charge in [-0.3, -0.25) is 19.2 Å². The summed E-state index contributed by atoms with van der Waals surface area (Å²) in [5.41, 5.74) is -1.40. The third kappa shape index (κ3) is 7.72. The van der Waals surface area contributed by atoms with Crippen LogP contribution in [0.4, 0.5) is 36.8 Å². The summed E-state index contributed by atoms with van der Waals surface area (Å²) in [6.07, 6.45) is -10.0. The normalized spacial score (nSPS) is 16.4. The molecule has 16 heteroatoms. The first-order valence-corrected chi connectivity index (χ1v) is 14.0. The maximum Gasteiger partial charge on any atom is 0.416 e. The number of halogens is 6. The molecule has 0 saturated carbocycles. The number of carbonyl (C=O) groups is 3. The molecule has 230 valence electrons. The van der Waals surface area contributed by atoms with Crippen LogP contribution in [0.15, 0.2) is 59.8 Å². The molecule has 2 aromatic rings. The average molecular weight is 631 g/mol. The van der Waals surface area contributed by atoms with Crippen molar-refractivity contribution in [2.45, 2.75) is 39.2 Å². The van der Waals surface area contributed by atoms with Gasteiger partial charge in [0, 0.05) is 17.2 Å². The number of allylic oxidation sites excluding steroid dienone is 1. The molecule has 1 atom stereocenters. The number of anilines is 1. The summed E-state index contributed by atoms with van der Waals surface area (Å²) in [4.78, 5) is 41.7. The lowest BCUT2D eigenvalue weighted by atomic mass is 9.86. The standard InChI is InChI=1S/C27H24F6N4O5S/c1-15(2)24(39)22-16(3)37(20-6-4-5-19(11-20)27(31,32)33)25(40)36(23(22)18-9-7-17(12-34)8-10-18)13-21(38)35-43(41,42)14-26(28,29)30/h4-11,15,23H,13-14H2,1-3H3,(H,35,38). The zero-order valence-corrected chi connectivity index (χ0v) is 23.6. The maximum atomic E-state index is 13.9. The van der Waals surface area contributed by atoms with Crippen molar-refractivity contribution in [1.29, 1.82) is 5.26 Å². The van der Waals surface area contributed by atoms with Crippen molar-refractivity contribution in [3.63, 3.8) is 0 Å². The van der Waals surface area contributed by atoms with Crippen LogP contribution in [0.1, 0.15) is 43.5 Å². The van der Waals surface area contributed by atoms with Crippen LogP contribution in [0.25, 0.3) is 0 Å². The Labute approximate surface area is 242 Å². The second-order valence-electron chi connectivity index (χ2n) is 9.85. The lowest BCUT2D eigenvalue weighted by molar-refractivity contribution is -0.137. The van der Waals surface area contributed by atoms with E-state index in [1.807, 2.05) is 6.07 Å². The fourth-order valence-electron chi connectivity index (χ4n) is 4.46. The van der Waals surface area contributed by atoms with E-state index in [1.54, 1.807) is 0 Å². The highest BCUT2D eigenvalue weighted by atomic mass is 32.2. The van der Waals surface area contributed by atoms with Crippen LogP contribution >= 0.6 is 0 Å². The van der Waals surface area contributed by atoms with Crippen LogP contribution in [-0.2, 0) is 25.8 Å². The predicted molar refractivity (Wildman–Crippen MR) is 140 cm³/mol. The van der Waals surface area contributed by atoms with Crippen LogP contribution < -0.4 is 9.62 Å². The van der Waals surface area contributed by atoms with E-state index in [4.69, 9.17) is 0 Å². The van der Waals surface area contributed by atoms with Crippen molar-refractivity contribution in [2.75, 3.05) is 17.2 Å². The molecule has 1 heterocycles. The molecule has 1 aliphatic heterocycles. The predicted octanol–water partition coefficient (Wildman–Crippen LogP) is 5.07. The Morgan fingerprint density at radius 3 is 2.16 bits per heavy atom. The molecule has 0 spiro atoms. The number of amides is 3. The zero-order chi connectivity index (χ0) is 32.5. The number of hydrogen-bond donors (Lipinski definition) is 1. The topological polar surface area (TPSA) is 128 Å². The van der Waals surface area contributed by atoms with Crippen LogP contribution in [-0.4, -0.2) is 49.5 Å². The molecule has 1 unspecified atom stereocenters. The summed E-state index contributed by atoms with van der Waals surface area (Å²) in [5, 5.41) is 9.18. The minimum atomic E-state index is -5.26. The monoisotopic (exact) mass is 630 g/mol. The summed E-state index contributed by atoms with van der Waals surface area (Å²) in [6.45, 7) is 3.10. The minimum absolute atomic E-state index is 0.0984. The van der Waals surface area contributed by atoms with Gasteiger partial charge in [-0.15, -0.1) is 0 Å². The van der Waals surface area contributed by atoms with E-state index in [-0.39, 0.29) is 28.1 Å². The Bertz CT molecular complexity index is 1610. The van der Waals surface area contributed by atoms with E-state index in [0.29, 0.717) is 11.0 Å². The highest BCUT2D eigenvalue weighted by Crippen LogP contribution is 2.41. The van der Waals surface area contributed by atoms with Gasteiger partial charge in [-0.1, -0.05) is 32.0 Å². The third-order valence-electron chi connectivity index (χ3n) is 6.26. The quantitative estimate of drug-likeness (QED) is 0.406. The van der Waals surface area contributed by atoms with Gasteiger partial charge in [-0.05, 0) is 42.8 Å². The molecule has 3 rings (SSSR count). The summed E-state index contributed by atoms with van der Waals surface area (Å²) in [6, 6.07) is 8.16. The van der Waals surface area contributed by atoms with Gasteiger partial charge in [0.05, 0.1) is 28.9 Å². The van der Waals surface area contributed by atoms with Gasteiger partial charge < -0.3 is 4.90 Å². The molecular weight excluding hydrogens is 606 g/mol. The van der Waals surface area contributed by atoms with E-state index >= 15 is 0 Å². The number of benzene rings is 2. The molecular formula is C27H24F6N4O5S. The van der Waals surface area contributed by atoms with E-state index < -0.39 is 69.9 Å². The largest absolute Gasteiger partial charge is 0.416 e. The summed E-state index contributed by atoms with van der Waals surface area (Å²) >= 11 is 0. The number of nitrogens with one attached hydrogen (secondary N) is 1. The van der Waals surface area contributed by atoms with Gasteiger partial charge in [0.25, 0.3) is 5.91 Å². The summed E-state index contributed by atoms with van der Waals surface area (Å²) in [7, 11) is -5.26. The number of rotatable bonds is 8. The number of sulfonamides is 1. The number of urea groups is 1. The number of nitriles is 1. The maximum absolute atomic E-state index is 13.9. The smallest absolute Gasteiger partial charge is 0.303 e. The SMILES string of the molecule is CC1=C(C(=O)C(C)C)C(c2ccc(C#N)cc2)N(CC(=O)NS(=O)(=O)CC(F)(F)F)C(=O)N1c1cccc(C(F)(F)F)c1. The second-order valence-corrected chi connectivity index (χ2v) is 11.6. The average Bonchev–Trinajstić information content (AvgIpc) is 2.87. The number of nitrogens with zero attached hydrogens (tertiary/aromatic N) is 3. The van der Waals surface area contributed by atoms with Gasteiger partial charge in [0.15, 0.2) is 11.5 Å². The van der Waals surface area contributed by atoms with E-state index in [0.717, 1.165) is 23.1 Å². The first-order chi connectivity index (χ1) is 19.8. The molecule has 3 amide bonds. The number of carbonyl (C=O) groups excluding carboxylic acids is 3. The molecule has 0 bridgehead atoms. The fourth-order valence-corrected chi connectivity index (χ4v) is 5.38. The van der Waals surface area contributed by atoms with Crippen LogP contribution in [0.2, 0.25) is 0 Å². The van der Waals surface area contributed by atoms with Crippen molar-refractivity contribution in [1.82, 2.24) is 9.62 Å². The number of hydrogen-bond acceptors (Lipinski definition) is 6. The van der Waals surface area contributed by atoms with Crippen LogP contribution in [0.3, 0.4) is 0 Å². The molecule has 0 aromatic heterocycles. The number of Topliss-reactive ketones (excluding diaryl/α,β-unsaturated/α-hetero) is 1. The Hall–Kier alpha value is -4.39. The van der Waals surface area contributed by atoms with Crippen LogP contribution in [0, 0.1) is 17.2 Å². The minimum Gasteiger partial charge on any atom is -0.303 e. The summed E-state index contributed by atoms with van der Waals surface area (Å²) < 4.78 is 104. The molecule has 1 N–H and O–H groups in total. The molecule has 0 fully saturated rings. The highest BCUT2D eigenvalue weighted by Gasteiger charge is 2.44. The van der Waals surface area contributed by atoms with E-state index in [2.05, 4.69) is 0 Å². The van der Waals surface area contributed by atoms with Crippen molar-refractivity contribution < 1.29 is 49.1 Å². The van der Waals surface area contributed by atoms with E-state index in [9.17, 15) is 54.4 Å². The molecule has 0 saturated heterocycles. The van der Waals surface area contributed by atoms with Gasteiger partial charge >= 0.3 is 18.4 Å². The number of ketones is 1. The van der Waals surface area contributed by atoms with Crippen LogP contribution in [0.5, 0.6) is 0 Å². The molecule has 0 radical (unpaired) electrons. The number of alkyl halides is 6. The first kappa shape index (κ1) is 33.1. The Morgan fingerprint density at radius 1 is 1.05 bits per heavy atom. The Kier molecular flexibility index (Phi) is 9.30. The highest BCUT2D eigenvalue weighted by molar-refractivity contribution is 7.90. The van der Waals surface area contributed by atoms with Gasteiger partial charge in [-0.2, -0.15) is 31.6 Å².